The van der Waals surface area contributed by atoms with Gasteiger partial charge in [0, 0.05) is 13.7 Å². The van der Waals surface area contributed by atoms with Gasteiger partial charge in [0.05, 0.1) is 19.6 Å². The topological polar surface area (TPSA) is 69.4 Å². The Bertz CT molecular complexity index is 473. The van der Waals surface area contributed by atoms with Crippen LogP contribution in [0.25, 0.3) is 0 Å². The standard InChI is InChI=1S/C13H17N3O3/c1-17-10-8-14-13-16-15-12(19-13)7-9-18-11-5-3-2-4-6-11/h2-6H,7-10H2,1H3,(H,14,16). The van der Waals surface area contributed by atoms with Gasteiger partial charge in [0.2, 0.25) is 5.89 Å². The number of hydrogen-bond donors (Lipinski definition) is 1. The maximum atomic E-state index is 5.55. The molecule has 2 rings (SSSR count). The van der Waals surface area contributed by atoms with E-state index in [0.29, 0.717) is 38.1 Å². The number of para-hydroxylation sites is 1. The van der Waals surface area contributed by atoms with Crippen LogP contribution in [0.5, 0.6) is 5.75 Å². The van der Waals surface area contributed by atoms with Gasteiger partial charge in [-0.05, 0) is 12.1 Å². The third-order valence-electron chi connectivity index (χ3n) is 2.38. The third kappa shape index (κ3) is 4.59. The lowest BCUT2D eigenvalue weighted by molar-refractivity contribution is 0.210. The van der Waals surface area contributed by atoms with Crippen molar-refractivity contribution in [2.75, 3.05) is 32.2 Å². The molecule has 6 nitrogen and oxygen atoms in total. The summed E-state index contributed by atoms with van der Waals surface area (Å²) in [7, 11) is 1.64. The molecule has 1 aromatic heterocycles. The highest BCUT2D eigenvalue weighted by Gasteiger charge is 2.05. The number of benzene rings is 1. The molecule has 6 heteroatoms. The van der Waals surface area contributed by atoms with Gasteiger partial charge in [0.25, 0.3) is 0 Å². The van der Waals surface area contributed by atoms with Crippen LogP contribution in [0.2, 0.25) is 0 Å². The van der Waals surface area contributed by atoms with Crippen molar-refractivity contribution >= 4 is 6.01 Å². The zero-order chi connectivity index (χ0) is 13.3. The molecule has 0 unspecified atom stereocenters. The monoisotopic (exact) mass is 263 g/mol. The molecule has 0 bridgehead atoms. The molecule has 0 aliphatic carbocycles. The van der Waals surface area contributed by atoms with E-state index in [-0.39, 0.29) is 0 Å². The van der Waals surface area contributed by atoms with Crippen LogP contribution < -0.4 is 10.1 Å². The Hall–Kier alpha value is -2.08. The normalized spacial score (nSPS) is 10.4. The summed E-state index contributed by atoms with van der Waals surface area (Å²) in [5.74, 6) is 1.39. The Balaban J connectivity index is 1.71. The van der Waals surface area contributed by atoms with Gasteiger partial charge in [0.1, 0.15) is 5.75 Å². The van der Waals surface area contributed by atoms with Crippen molar-refractivity contribution in [2.24, 2.45) is 0 Å². The van der Waals surface area contributed by atoms with Crippen LogP contribution in [0.3, 0.4) is 0 Å². The van der Waals surface area contributed by atoms with E-state index in [4.69, 9.17) is 13.9 Å². The van der Waals surface area contributed by atoms with E-state index < -0.39 is 0 Å². The first-order valence-corrected chi connectivity index (χ1v) is 6.11. The number of ether oxygens (including phenoxy) is 2. The van der Waals surface area contributed by atoms with Crippen LogP contribution in [0, 0.1) is 0 Å². The summed E-state index contributed by atoms with van der Waals surface area (Å²) < 4.78 is 15.9. The average Bonchev–Trinajstić information content (AvgIpc) is 2.88. The van der Waals surface area contributed by atoms with E-state index in [1.807, 2.05) is 30.3 Å². The summed E-state index contributed by atoms with van der Waals surface area (Å²) in [6.07, 6.45) is 0.577. The maximum Gasteiger partial charge on any atom is 0.315 e. The molecule has 0 saturated heterocycles. The van der Waals surface area contributed by atoms with Crippen LogP contribution in [-0.4, -0.2) is 37.1 Å². The zero-order valence-corrected chi connectivity index (χ0v) is 10.8. The van der Waals surface area contributed by atoms with Gasteiger partial charge >= 0.3 is 6.01 Å². The second kappa shape index (κ2) is 7.38. The lowest BCUT2D eigenvalue weighted by Gasteiger charge is -2.03. The molecule has 0 atom stereocenters. The van der Waals surface area contributed by atoms with Gasteiger partial charge in [-0.2, -0.15) is 0 Å². The molecule has 1 heterocycles. The summed E-state index contributed by atoms with van der Waals surface area (Å²) in [5.41, 5.74) is 0. The van der Waals surface area contributed by atoms with Crippen LogP contribution >= 0.6 is 0 Å². The van der Waals surface area contributed by atoms with Crippen LogP contribution in [0.1, 0.15) is 5.89 Å². The Labute approximate surface area is 111 Å². The van der Waals surface area contributed by atoms with E-state index in [0.717, 1.165) is 5.75 Å². The Morgan fingerprint density at radius 3 is 2.79 bits per heavy atom. The van der Waals surface area contributed by atoms with Crippen molar-refractivity contribution in [1.82, 2.24) is 10.2 Å². The lowest BCUT2D eigenvalue weighted by Crippen LogP contribution is -2.07. The predicted molar refractivity (Wildman–Crippen MR) is 70.3 cm³/mol. The quantitative estimate of drug-likeness (QED) is 0.732. The maximum absolute atomic E-state index is 5.55. The molecule has 1 N–H and O–H groups in total. The summed E-state index contributed by atoms with van der Waals surface area (Å²) in [6, 6.07) is 10.0. The van der Waals surface area contributed by atoms with E-state index in [1.54, 1.807) is 7.11 Å². The summed E-state index contributed by atoms with van der Waals surface area (Å²) in [5, 5.41) is 10.8. The van der Waals surface area contributed by atoms with Gasteiger partial charge in [0.15, 0.2) is 0 Å². The van der Waals surface area contributed by atoms with Crippen molar-refractivity contribution in [1.29, 1.82) is 0 Å². The van der Waals surface area contributed by atoms with Crippen molar-refractivity contribution in [3.8, 4) is 5.75 Å². The highest BCUT2D eigenvalue weighted by atomic mass is 16.5. The van der Waals surface area contributed by atoms with Gasteiger partial charge in [-0.25, -0.2) is 0 Å². The minimum atomic E-state index is 0.409. The van der Waals surface area contributed by atoms with Crippen molar-refractivity contribution < 1.29 is 13.9 Å². The number of nitrogens with one attached hydrogen (secondary N) is 1. The molecule has 1 aromatic carbocycles. The molecule has 0 aliphatic rings. The van der Waals surface area contributed by atoms with Crippen molar-refractivity contribution in [3.63, 3.8) is 0 Å². The number of methoxy groups -OCH3 is 1. The fraction of sp³-hybridized carbons (Fsp3) is 0.385. The Morgan fingerprint density at radius 1 is 1.16 bits per heavy atom. The van der Waals surface area contributed by atoms with Gasteiger partial charge < -0.3 is 19.2 Å². The molecule has 0 fully saturated rings. The molecule has 0 spiro atoms. The molecule has 0 saturated carbocycles. The van der Waals surface area contributed by atoms with Crippen LogP contribution in [-0.2, 0) is 11.2 Å². The van der Waals surface area contributed by atoms with E-state index >= 15 is 0 Å². The van der Waals surface area contributed by atoms with E-state index in [9.17, 15) is 0 Å². The number of anilines is 1. The molecule has 0 radical (unpaired) electrons. The molecule has 0 aliphatic heterocycles. The van der Waals surface area contributed by atoms with Crippen molar-refractivity contribution in [3.05, 3.63) is 36.2 Å². The molecular weight excluding hydrogens is 246 g/mol. The minimum absolute atomic E-state index is 0.409. The average molecular weight is 263 g/mol. The van der Waals surface area contributed by atoms with Crippen LogP contribution in [0.4, 0.5) is 6.01 Å². The molecule has 19 heavy (non-hydrogen) atoms. The number of aromatic nitrogens is 2. The first kappa shape index (κ1) is 13.4. The highest BCUT2D eigenvalue weighted by molar-refractivity contribution is 5.21. The molecular formula is C13H17N3O3. The predicted octanol–water partition coefficient (Wildman–Crippen LogP) is 1.75. The molecule has 102 valence electrons. The summed E-state index contributed by atoms with van der Waals surface area (Å²) in [4.78, 5) is 0. The summed E-state index contributed by atoms with van der Waals surface area (Å²) >= 11 is 0. The van der Waals surface area contributed by atoms with E-state index in [2.05, 4.69) is 15.5 Å². The van der Waals surface area contributed by atoms with Gasteiger partial charge in [-0.15, -0.1) is 5.10 Å². The van der Waals surface area contributed by atoms with Crippen LogP contribution in [0.15, 0.2) is 34.7 Å². The highest BCUT2D eigenvalue weighted by Crippen LogP contribution is 2.10. The fourth-order valence-electron chi connectivity index (χ4n) is 1.46. The third-order valence-corrected chi connectivity index (χ3v) is 2.38. The number of nitrogens with zero attached hydrogens (tertiary/aromatic N) is 2. The number of rotatable bonds is 8. The minimum Gasteiger partial charge on any atom is -0.493 e. The fourth-order valence-corrected chi connectivity index (χ4v) is 1.46. The lowest BCUT2D eigenvalue weighted by atomic mass is 10.3. The van der Waals surface area contributed by atoms with E-state index in [1.165, 1.54) is 0 Å². The largest absolute Gasteiger partial charge is 0.493 e. The SMILES string of the molecule is COCCNc1nnc(CCOc2ccccc2)o1. The van der Waals surface area contributed by atoms with Crippen molar-refractivity contribution in [2.45, 2.75) is 6.42 Å². The smallest absolute Gasteiger partial charge is 0.315 e. The van der Waals surface area contributed by atoms with Gasteiger partial charge in [-0.3, -0.25) is 0 Å². The second-order valence-electron chi connectivity index (χ2n) is 3.83. The number of hydrogen-bond acceptors (Lipinski definition) is 6. The first-order valence-electron chi connectivity index (χ1n) is 6.11. The Kier molecular flexibility index (Phi) is 5.18. The first-order chi connectivity index (χ1) is 9.38. The summed E-state index contributed by atoms with van der Waals surface area (Å²) in [6.45, 7) is 1.73. The Morgan fingerprint density at radius 2 is 2.00 bits per heavy atom. The molecule has 2 aromatic rings. The zero-order valence-electron chi connectivity index (χ0n) is 10.8. The second-order valence-corrected chi connectivity index (χ2v) is 3.83. The molecule has 0 amide bonds. The van der Waals surface area contributed by atoms with Gasteiger partial charge in [-0.1, -0.05) is 23.3 Å².